The number of rotatable bonds is 6. The van der Waals surface area contributed by atoms with Gasteiger partial charge in [0.1, 0.15) is 11.5 Å². The van der Waals surface area contributed by atoms with Crippen molar-refractivity contribution in [3.63, 3.8) is 0 Å². The summed E-state index contributed by atoms with van der Waals surface area (Å²) in [5.74, 6) is 1.18. The lowest BCUT2D eigenvalue weighted by atomic mass is 10.1. The van der Waals surface area contributed by atoms with Crippen molar-refractivity contribution in [3.05, 3.63) is 39.9 Å². The Morgan fingerprint density at radius 2 is 2.07 bits per heavy atom. The summed E-state index contributed by atoms with van der Waals surface area (Å²) in [6.45, 7) is 6.66. The predicted molar refractivity (Wildman–Crippen MR) is 111 cm³/mol. The van der Waals surface area contributed by atoms with Gasteiger partial charge in [-0.25, -0.2) is 9.67 Å². The fourth-order valence-corrected chi connectivity index (χ4v) is 3.64. The van der Waals surface area contributed by atoms with Crippen LogP contribution >= 0.6 is 35.6 Å². The zero-order valence-electron chi connectivity index (χ0n) is 15.3. The molecule has 148 valence electrons. The molecule has 1 unspecified atom stereocenters. The minimum absolute atomic E-state index is 0. The van der Waals surface area contributed by atoms with Crippen LogP contribution in [0.3, 0.4) is 0 Å². The Bertz CT molecular complexity index is 767. The lowest BCUT2D eigenvalue weighted by Gasteiger charge is -2.11. The number of carbonyl (C=O) groups excluding carboxylic acids is 1. The third kappa shape index (κ3) is 5.13. The number of halogens is 3. The average Bonchev–Trinajstić information content (AvgIpc) is 3.24. The van der Waals surface area contributed by atoms with Gasteiger partial charge in [-0.15, -0.1) is 17.5 Å². The number of para-hydroxylation sites is 1. The maximum Gasteiger partial charge on any atom is 0.290 e. The van der Waals surface area contributed by atoms with Crippen LogP contribution in [0.15, 0.2) is 18.2 Å². The average molecular weight is 433 g/mol. The lowest BCUT2D eigenvalue weighted by molar-refractivity contribution is 0.0941. The van der Waals surface area contributed by atoms with Gasteiger partial charge < -0.3 is 10.6 Å². The van der Waals surface area contributed by atoms with E-state index >= 15 is 0 Å². The second-order valence-electron chi connectivity index (χ2n) is 6.83. The number of amides is 1. The molecule has 3 rings (SSSR count). The van der Waals surface area contributed by atoms with E-state index in [9.17, 15) is 4.79 Å². The standard InChI is InChI=1S/C18H23Cl2N5O.ClH/c1-11(2)17-23-16(18(26)22-9-7-12-6-8-21-10-12)24-25(17)15-13(19)4-3-5-14(15)20;/h3-5,11-12,21H,6-10H2,1-2H3,(H,22,26);1H. The highest BCUT2D eigenvalue weighted by molar-refractivity contribution is 6.37. The molecule has 1 atom stereocenters. The lowest BCUT2D eigenvalue weighted by Crippen LogP contribution is -2.27. The van der Waals surface area contributed by atoms with E-state index in [-0.39, 0.29) is 30.1 Å². The zero-order chi connectivity index (χ0) is 18.7. The Morgan fingerprint density at radius 1 is 1.37 bits per heavy atom. The van der Waals surface area contributed by atoms with E-state index in [1.54, 1.807) is 22.9 Å². The van der Waals surface area contributed by atoms with E-state index in [0.717, 1.165) is 25.9 Å². The number of nitrogens with zero attached hydrogens (tertiary/aromatic N) is 3. The first kappa shape index (κ1) is 22.0. The highest BCUT2D eigenvalue weighted by Crippen LogP contribution is 2.30. The molecule has 2 aromatic rings. The van der Waals surface area contributed by atoms with Crippen molar-refractivity contribution in [3.8, 4) is 5.69 Å². The van der Waals surface area contributed by atoms with Crippen molar-refractivity contribution in [2.24, 2.45) is 5.92 Å². The molecule has 0 aliphatic carbocycles. The fraction of sp³-hybridized carbons (Fsp3) is 0.500. The molecule has 2 heterocycles. The van der Waals surface area contributed by atoms with Crippen LogP contribution < -0.4 is 10.6 Å². The monoisotopic (exact) mass is 431 g/mol. The second-order valence-corrected chi connectivity index (χ2v) is 7.65. The molecule has 6 nitrogen and oxygen atoms in total. The van der Waals surface area contributed by atoms with Gasteiger partial charge in [0, 0.05) is 12.5 Å². The number of hydrogen-bond acceptors (Lipinski definition) is 4. The molecule has 1 aliphatic rings. The van der Waals surface area contributed by atoms with E-state index in [4.69, 9.17) is 23.2 Å². The molecule has 1 fully saturated rings. The molecule has 1 aromatic carbocycles. The van der Waals surface area contributed by atoms with Crippen LogP contribution in [0, 0.1) is 5.92 Å². The summed E-state index contributed by atoms with van der Waals surface area (Å²) < 4.78 is 1.57. The molecule has 9 heteroatoms. The molecular weight excluding hydrogens is 409 g/mol. The summed E-state index contributed by atoms with van der Waals surface area (Å²) in [6.07, 6.45) is 2.11. The predicted octanol–water partition coefficient (Wildman–Crippen LogP) is 3.85. The topological polar surface area (TPSA) is 71.8 Å². The highest BCUT2D eigenvalue weighted by atomic mass is 35.5. The van der Waals surface area contributed by atoms with E-state index < -0.39 is 0 Å². The Morgan fingerprint density at radius 3 is 2.67 bits per heavy atom. The Labute approximate surface area is 175 Å². The summed E-state index contributed by atoms with van der Waals surface area (Å²) in [7, 11) is 0. The second kappa shape index (κ2) is 9.73. The fourth-order valence-electron chi connectivity index (χ4n) is 3.08. The minimum Gasteiger partial charge on any atom is -0.349 e. The van der Waals surface area contributed by atoms with Gasteiger partial charge in [-0.05, 0) is 44.0 Å². The largest absolute Gasteiger partial charge is 0.349 e. The maximum atomic E-state index is 12.5. The molecule has 1 saturated heterocycles. The Balaban J connectivity index is 0.00000261. The summed E-state index contributed by atoms with van der Waals surface area (Å²) >= 11 is 12.6. The number of carbonyl (C=O) groups is 1. The first-order valence-corrected chi connectivity index (χ1v) is 9.63. The van der Waals surface area contributed by atoms with Crippen LogP contribution in [0.2, 0.25) is 10.0 Å². The van der Waals surface area contributed by atoms with Gasteiger partial charge in [-0.1, -0.05) is 43.1 Å². The van der Waals surface area contributed by atoms with Crippen LogP contribution in [0.25, 0.3) is 5.69 Å². The Kier molecular flexibility index (Phi) is 7.91. The van der Waals surface area contributed by atoms with Gasteiger partial charge in [0.05, 0.1) is 10.0 Å². The first-order chi connectivity index (χ1) is 12.5. The third-order valence-electron chi connectivity index (χ3n) is 4.50. The number of aromatic nitrogens is 3. The smallest absolute Gasteiger partial charge is 0.290 e. The number of hydrogen-bond donors (Lipinski definition) is 2. The summed E-state index contributed by atoms with van der Waals surface area (Å²) in [5.41, 5.74) is 0.545. The van der Waals surface area contributed by atoms with Crippen molar-refractivity contribution in [2.45, 2.75) is 32.6 Å². The van der Waals surface area contributed by atoms with Crippen LogP contribution in [-0.2, 0) is 0 Å². The van der Waals surface area contributed by atoms with Gasteiger partial charge in [-0.2, -0.15) is 0 Å². The number of benzene rings is 1. The van der Waals surface area contributed by atoms with E-state index in [0.29, 0.717) is 34.0 Å². The van der Waals surface area contributed by atoms with Crippen molar-refractivity contribution >= 4 is 41.5 Å². The molecular formula is C18H24Cl3N5O. The van der Waals surface area contributed by atoms with Crippen LogP contribution in [0.4, 0.5) is 0 Å². The molecule has 0 spiro atoms. The normalized spacial score (nSPS) is 16.4. The summed E-state index contributed by atoms with van der Waals surface area (Å²) in [5, 5.41) is 11.6. The molecule has 0 saturated carbocycles. The maximum absolute atomic E-state index is 12.5. The SMILES string of the molecule is CC(C)c1nc(C(=O)NCCC2CCNC2)nn1-c1c(Cl)cccc1Cl.Cl. The van der Waals surface area contributed by atoms with Gasteiger partial charge in [0.2, 0.25) is 5.82 Å². The van der Waals surface area contributed by atoms with Crippen LogP contribution in [0.5, 0.6) is 0 Å². The molecule has 1 amide bonds. The van der Waals surface area contributed by atoms with Crippen molar-refractivity contribution in [1.29, 1.82) is 0 Å². The molecule has 0 bridgehead atoms. The van der Waals surface area contributed by atoms with Gasteiger partial charge >= 0.3 is 0 Å². The first-order valence-electron chi connectivity index (χ1n) is 8.87. The van der Waals surface area contributed by atoms with Gasteiger partial charge in [0.25, 0.3) is 5.91 Å². The zero-order valence-corrected chi connectivity index (χ0v) is 17.7. The van der Waals surface area contributed by atoms with Crippen LogP contribution in [-0.4, -0.2) is 40.3 Å². The van der Waals surface area contributed by atoms with Gasteiger partial charge in [0.15, 0.2) is 0 Å². The highest BCUT2D eigenvalue weighted by Gasteiger charge is 2.22. The van der Waals surface area contributed by atoms with Crippen molar-refractivity contribution in [2.75, 3.05) is 19.6 Å². The molecule has 0 radical (unpaired) electrons. The molecule has 2 N–H and O–H groups in total. The van der Waals surface area contributed by atoms with Crippen molar-refractivity contribution in [1.82, 2.24) is 25.4 Å². The van der Waals surface area contributed by atoms with Crippen molar-refractivity contribution < 1.29 is 4.79 Å². The Hall–Kier alpha value is -1.34. The van der Waals surface area contributed by atoms with E-state index in [1.165, 1.54) is 0 Å². The molecule has 27 heavy (non-hydrogen) atoms. The van der Waals surface area contributed by atoms with E-state index in [1.807, 2.05) is 13.8 Å². The summed E-state index contributed by atoms with van der Waals surface area (Å²) in [4.78, 5) is 16.9. The summed E-state index contributed by atoms with van der Waals surface area (Å²) in [6, 6.07) is 5.25. The van der Waals surface area contributed by atoms with Crippen LogP contribution in [0.1, 0.15) is 49.1 Å². The minimum atomic E-state index is -0.278. The molecule has 1 aromatic heterocycles. The van der Waals surface area contributed by atoms with Gasteiger partial charge in [-0.3, -0.25) is 4.79 Å². The number of nitrogens with one attached hydrogen (secondary N) is 2. The molecule has 1 aliphatic heterocycles. The third-order valence-corrected chi connectivity index (χ3v) is 5.11. The quantitative estimate of drug-likeness (QED) is 0.727. The van der Waals surface area contributed by atoms with E-state index in [2.05, 4.69) is 20.7 Å².